The van der Waals surface area contributed by atoms with E-state index in [1.165, 1.54) is 22.7 Å². The maximum Gasteiger partial charge on any atom is 0.187 e. The molecular formula is C13H11ClN4S2. The molecule has 4 nitrogen and oxygen atoms in total. The Balaban J connectivity index is 1.88. The molecule has 0 fully saturated rings. The van der Waals surface area contributed by atoms with E-state index in [4.69, 9.17) is 17.3 Å². The SMILES string of the molecule is Cc1nc(N)sc1-c1csc(Nc2ccccc2Cl)n1. The third-order valence-electron chi connectivity index (χ3n) is 2.67. The van der Waals surface area contributed by atoms with Crippen molar-refractivity contribution in [3.05, 3.63) is 40.4 Å². The number of hydrogen-bond acceptors (Lipinski definition) is 6. The Hall–Kier alpha value is -1.63. The van der Waals surface area contributed by atoms with E-state index in [1.807, 2.05) is 36.6 Å². The lowest BCUT2D eigenvalue weighted by atomic mass is 10.3. The van der Waals surface area contributed by atoms with Crippen LogP contribution < -0.4 is 11.1 Å². The topological polar surface area (TPSA) is 63.8 Å². The van der Waals surface area contributed by atoms with Gasteiger partial charge in [0.1, 0.15) is 0 Å². The van der Waals surface area contributed by atoms with Gasteiger partial charge >= 0.3 is 0 Å². The number of nitrogens with one attached hydrogen (secondary N) is 1. The van der Waals surface area contributed by atoms with Gasteiger partial charge in [0.05, 0.1) is 27.0 Å². The molecule has 0 aliphatic carbocycles. The van der Waals surface area contributed by atoms with E-state index >= 15 is 0 Å². The Labute approximate surface area is 129 Å². The number of hydrogen-bond donors (Lipinski definition) is 2. The van der Waals surface area contributed by atoms with Crippen molar-refractivity contribution in [1.82, 2.24) is 9.97 Å². The molecule has 102 valence electrons. The van der Waals surface area contributed by atoms with Crippen molar-refractivity contribution in [2.45, 2.75) is 6.92 Å². The van der Waals surface area contributed by atoms with Gasteiger partial charge in [0.15, 0.2) is 10.3 Å². The number of thiazole rings is 2. The molecule has 0 amide bonds. The number of rotatable bonds is 3. The van der Waals surface area contributed by atoms with Crippen molar-refractivity contribution in [1.29, 1.82) is 0 Å². The Morgan fingerprint density at radius 2 is 2.05 bits per heavy atom. The molecule has 7 heteroatoms. The smallest absolute Gasteiger partial charge is 0.187 e. The Morgan fingerprint density at radius 1 is 1.25 bits per heavy atom. The first-order chi connectivity index (χ1) is 9.63. The van der Waals surface area contributed by atoms with Crippen LogP contribution in [0.2, 0.25) is 5.02 Å². The predicted octanol–water partition coefficient (Wildman–Crippen LogP) is 4.55. The van der Waals surface area contributed by atoms with E-state index in [0.29, 0.717) is 10.2 Å². The average Bonchev–Trinajstić information content (AvgIpc) is 2.99. The summed E-state index contributed by atoms with van der Waals surface area (Å²) in [7, 11) is 0. The Morgan fingerprint density at radius 3 is 2.75 bits per heavy atom. The molecule has 0 saturated carbocycles. The van der Waals surface area contributed by atoms with E-state index in [1.54, 1.807) is 0 Å². The van der Waals surface area contributed by atoms with Crippen LogP contribution in [0.25, 0.3) is 10.6 Å². The molecule has 0 radical (unpaired) electrons. The van der Waals surface area contributed by atoms with Crippen molar-refractivity contribution in [3.63, 3.8) is 0 Å². The summed E-state index contributed by atoms with van der Waals surface area (Å²) < 4.78 is 0. The summed E-state index contributed by atoms with van der Waals surface area (Å²) in [5.41, 5.74) is 8.35. The number of nitrogen functional groups attached to an aromatic ring is 1. The average molecular weight is 323 g/mol. The molecule has 0 spiro atoms. The minimum Gasteiger partial charge on any atom is -0.375 e. The second-order valence-corrected chi connectivity index (χ2v) is 6.41. The van der Waals surface area contributed by atoms with Gasteiger partial charge in [-0.25, -0.2) is 9.97 Å². The summed E-state index contributed by atoms with van der Waals surface area (Å²) in [4.78, 5) is 9.77. The molecular weight excluding hydrogens is 312 g/mol. The van der Waals surface area contributed by atoms with Gasteiger partial charge in [-0.15, -0.1) is 11.3 Å². The summed E-state index contributed by atoms with van der Waals surface area (Å²) in [5, 5.41) is 7.22. The van der Waals surface area contributed by atoms with Gasteiger partial charge in [0.2, 0.25) is 0 Å². The van der Waals surface area contributed by atoms with E-state index in [2.05, 4.69) is 15.3 Å². The van der Waals surface area contributed by atoms with Gasteiger partial charge < -0.3 is 11.1 Å². The highest BCUT2D eigenvalue weighted by molar-refractivity contribution is 7.19. The monoisotopic (exact) mass is 322 g/mol. The van der Waals surface area contributed by atoms with Gasteiger partial charge in [-0.1, -0.05) is 35.1 Å². The molecule has 0 aliphatic rings. The van der Waals surface area contributed by atoms with Gasteiger partial charge in [-0.3, -0.25) is 0 Å². The van der Waals surface area contributed by atoms with Crippen molar-refractivity contribution < 1.29 is 0 Å². The number of para-hydroxylation sites is 1. The third kappa shape index (κ3) is 2.63. The zero-order valence-electron chi connectivity index (χ0n) is 10.6. The summed E-state index contributed by atoms with van der Waals surface area (Å²) in [6.45, 7) is 1.93. The fraction of sp³-hybridized carbons (Fsp3) is 0.0769. The summed E-state index contributed by atoms with van der Waals surface area (Å²) >= 11 is 9.09. The number of nitrogens with two attached hydrogens (primary N) is 1. The molecule has 0 bridgehead atoms. The van der Waals surface area contributed by atoms with Crippen LogP contribution in [0.4, 0.5) is 16.0 Å². The molecule has 3 aromatic rings. The van der Waals surface area contributed by atoms with Crippen LogP contribution in [0, 0.1) is 6.92 Å². The van der Waals surface area contributed by atoms with Gasteiger partial charge in [-0.2, -0.15) is 0 Å². The number of aromatic nitrogens is 2. The maximum atomic E-state index is 6.12. The van der Waals surface area contributed by atoms with Crippen LogP contribution in [-0.4, -0.2) is 9.97 Å². The quantitative estimate of drug-likeness (QED) is 0.742. The third-order valence-corrected chi connectivity index (χ3v) is 4.76. The lowest BCUT2D eigenvalue weighted by Crippen LogP contribution is -1.90. The molecule has 0 aliphatic heterocycles. The molecule has 0 atom stereocenters. The van der Waals surface area contributed by atoms with Crippen LogP contribution in [0.15, 0.2) is 29.6 Å². The number of benzene rings is 1. The van der Waals surface area contributed by atoms with E-state index in [0.717, 1.165) is 27.1 Å². The predicted molar refractivity (Wildman–Crippen MR) is 87.1 cm³/mol. The fourth-order valence-corrected chi connectivity index (χ4v) is 3.53. The summed E-state index contributed by atoms with van der Waals surface area (Å²) in [5.74, 6) is 0. The van der Waals surface area contributed by atoms with Crippen LogP contribution in [-0.2, 0) is 0 Å². The zero-order chi connectivity index (χ0) is 14.1. The van der Waals surface area contributed by atoms with Crippen LogP contribution >= 0.6 is 34.3 Å². The Bertz CT molecular complexity index is 750. The molecule has 0 unspecified atom stereocenters. The van der Waals surface area contributed by atoms with E-state index < -0.39 is 0 Å². The highest BCUT2D eigenvalue weighted by Crippen LogP contribution is 2.34. The van der Waals surface area contributed by atoms with Gasteiger partial charge in [-0.05, 0) is 19.1 Å². The fourth-order valence-electron chi connectivity index (χ4n) is 1.77. The summed E-state index contributed by atoms with van der Waals surface area (Å²) in [6.07, 6.45) is 0. The minimum atomic E-state index is 0.561. The Kier molecular flexibility index (Phi) is 3.60. The molecule has 2 aromatic heterocycles. The first kappa shape index (κ1) is 13.4. The lowest BCUT2D eigenvalue weighted by Gasteiger charge is -2.03. The number of nitrogens with zero attached hydrogens (tertiary/aromatic N) is 2. The highest BCUT2D eigenvalue weighted by atomic mass is 35.5. The van der Waals surface area contributed by atoms with Gasteiger partial charge in [0, 0.05) is 5.38 Å². The van der Waals surface area contributed by atoms with Crippen LogP contribution in [0.5, 0.6) is 0 Å². The maximum absolute atomic E-state index is 6.12. The summed E-state index contributed by atoms with van der Waals surface area (Å²) in [6, 6.07) is 7.58. The first-order valence-corrected chi connectivity index (χ1v) is 7.91. The molecule has 3 N–H and O–H groups in total. The molecule has 2 heterocycles. The number of anilines is 3. The lowest BCUT2D eigenvalue weighted by molar-refractivity contribution is 1.26. The van der Waals surface area contributed by atoms with E-state index in [-0.39, 0.29) is 0 Å². The van der Waals surface area contributed by atoms with Crippen molar-refractivity contribution >= 4 is 50.2 Å². The van der Waals surface area contributed by atoms with Crippen molar-refractivity contribution in [3.8, 4) is 10.6 Å². The molecule has 3 rings (SSSR count). The van der Waals surface area contributed by atoms with Crippen LogP contribution in [0.3, 0.4) is 0 Å². The van der Waals surface area contributed by atoms with Crippen molar-refractivity contribution in [2.75, 3.05) is 11.1 Å². The number of aryl methyl sites for hydroxylation is 1. The molecule has 0 saturated heterocycles. The molecule has 1 aromatic carbocycles. The highest BCUT2D eigenvalue weighted by Gasteiger charge is 2.12. The standard InChI is InChI=1S/C13H11ClN4S2/c1-7-11(20-12(15)16-7)10-6-19-13(18-10)17-9-5-3-2-4-8(9)14/h2-6H,1H3,(H2,15,16)(H,17,18). The number of halogens is 1. The first-order valence-electron chi connectivity index (χ1n) is 5.84. The van der Waals surface area contributed by atoms with Gasteiger partial charge in [0.25, 0.3) is 0 Å². The van der Waals surface area contributed by atoms with Crippen LogP contribution in [0.1, 0.15) is 5.69 Å². The molecule has 20 heavy (non-hydrogen) atoms. The van der Waals surface area contributed by atoms with E-state index in [9.17, 15) is 0 Å². The second kappa shape index (κ2) is 5.40. The largest absolute Gasteiger partial charge is 0.375 e. The zero-order valence-corrected chi connectivity index (χ0v) is 12.9. The second-order valence-electron chi connectivity index (χ2n) is 4.11. The minimum absolute atomic E-state index is 0.561. The normalized spacial score (nSPS) is 10.7. The van der Waals surface area contributed by atoms with Crippen molar-refractivity contribution in [2.24, 2.45) is 0 Å².